The zero-order valence-corrected chi connectivity index (χ0v) is 8.94. The minimum atomic E-state index is -4.76. The molecule has 0 bridgehead atoms. The van der Waals surface area contributed by atoms with Crippen LogP contribution in [-0.4, -0.2) is 0 Å². The molecule has 1 rings (SSSR count). The van der Waals surface area contributed by atoms with Crippen LogP contribution in [-0.2, 0) is 12.4 Å². The van der Waals surface area contributed by atoms with Crippen molar-refractivity contribution in [2.24, 2.45) is 5.73 Å². The predicted molar refractivity (Wildman–Crippen MR) is 53.6 cm³/mol. The first-order valence-electron chi connectivity index (χ1n) is 4.74. The lowest BCUT2D eigenvalue weighted by molar-refractivity contribution is -0.141. The molecular formula is C11H9F6N. The molecule has 0 unspecified atom stereocenters. The summed E-state index contributed by atoms with van der Waals surface area (Å²) in [4.78, 5) is 0. The largest absolute Gasteiger partial charge is 0.416 e. The smallest absolute Gasteiger partial charge is 0.321 e. The minimum Gasteiger partial charge on any atom is -0.321 e. The lowest BCUT2D eigenvalue weighted by Crippen LogP contribution is -2.18. The quantitative estimate of drug-likeness (QED) is 0.639. The molecule has 0 amide bonds. The van der Waals surface area contributed by atoms with Gasteiger partial charge in [0.1, 0.15) is 0 Å². The maximum atomic E-state index is 12.6. The number of rotatable bonds is 2. The summed E-state index contributed by atoms with van der Waals surface area (Å²) in [5.41, 5.74) is 2.30. The molecule has 100 valence electrons. The number of hydrogen-bond donors (Lipinski definition) is 1. The van der Waals surface area contributed by atoms with Crippen LogP contribution in [0.25, 0.3) is 0 Å². The Hall–Kier alpha value is -1.50. The SMILES string of the molecule is C=C[C@H](N)c1cc(C(F)(F)F)ccc1C(F)(F)F. The summed E-state index contributed by atoms with van der Waals surface area (Å²) < 4.78 is 75.1. The monoisotopic (exact) mass is 269 g/mol. The Balaban J connectivity index is 3.44. The van der Waals surface area contributed by atoms with Crippen LogP contribution in [0.3, 0.4) is 0 Å². The molecule has 7 heteroatoms. The maximum absolute atomic E-state index is 12.6. The zero-order chi connectivity index (χ0) is 14.1. The molecule has 1 atom stereocenters. The summed E-state index contributed by atoms with van der Waals surface area (Å²) in [6.07, 6.45) is -8.54. The van der Waals surface area contributed by atoms with Gasteiger partial charge in [0, 0.05) is 6.04 Å². The molecule has 18 heavy (non-hydrogen) atoms. The van der Waals surface area contributed by atoms with Gasteiger partial charge in [-0.1, -0.05) is 6.08 Å². The van der Waals surface area contributed by atoms with Crippen LogP contribution in [0.1, 0.15) is 22.7 Å². The van der Waals surface area contributed by atoms with Crippen molar-refractivity contribution in [2.75, 3.05) is 0 Å². The molecular weight excluding hydrogens is 260 g/mol. The highest BCUT2D eigenvalue weighted by Crippen LogP contribution is 2.38. The van der Waals surface area contributed by atoms with Crippen molar-refractivity contribution >= 4 is 0 Å². The van der Waals surface area contributed by atoms with Crippen molar-refractivity contribution in [3.05, 3.63) is 47.5 Å². The molecule has 0 spiro atoms. The molecule has 0 aliphatic rings. The summed E-state index contributed by atoms with van der Waals surface area (Å²) in [6, 6.07) is -0.164. The van der Waals surface area contributed by atoms with Crippen LogP contribution >= 0.6 is 0 Å². The summed E-state index contributed by atoms with van der Waals surface area (Å²) >= 11 is 0. The predicted octanol–water partition coefficient (Wildman–Crippen LogP) is 3.91. The second-order valence-electron chi connectivity index (χ2n) is 3.56. The molecule has 0 saturated carbocycles. The summed E-state index contributed by atoms with van der Waals surface area (Å²) in [7, 11) is 0. The van der Waals surface area contributed by atoms with E-state index in [4.69, 9.17) is 5.73 Å². The third-order valence-corrected chi connectivity index (χ3v) is 2.30. The van der Waals surface area contributed by atoms with E-state index in [2.05, 4.69) is 6.58 Å². The number of halogens is 6. The summed E-state index contributed by atoms with van der Waals surface area (Å²) in [6.45, 7) is 3.18. The summed E-state index contributed by atoms with van der Waals surface area (Å²) in [5, 5.41) is 0. The Labute approximate surface area is 98.9 Å². The molecule has 1 aromatic rings. The van der Waals surface area contributed by atoms with Crippen molar-refractivity contribution < 1.29 is 26.3 Å². The van der Waals surface area contributed by atoms with E-state index in [1.807, 2.05) is 0 Å². The van der Waals surface area contributed by atoms with Crippen LogP contribution in [0.4, 0.5) is 26.3 Å². The van der Waals surface area contributed by atoms with Crippen LogP contribution in [0, 0.1) is 0 Å². The lowest BCUT2D eigenvalue weighted by atomic mass is 9.97. The Morgan fingerprint density at radius 3 is 2.00 bits per heavy atom. The molecule has 0 aliphatic heterocycles. The Kier molecular flexibility index (Phi) is 3.75. The Bertz CT molecular complexity index is 446. The van der Waals surface area contributed by atoms with E-state index in [-0.39, 0.29) is 0 Å². The van der Waals surface area contributed by atoms with Crippen LogP contribution < -0.4 is 5.73 Å². The topological polar surface area (TPSA) is 26.0 Å². The van der Waals surface area contributed by atoms with Gasteiger partial charge in [-0.3, -0.25) is 0 Å². The standard InChI is InChI=1S/C11H9F6N/c1-2-9(18)7-5-6(10(12,13)14)3-4-8(7)11(15,16)17/h2-5,9H,1,18H2/t9-/m0/s1. The lowest BCUT2D eigenvalue weighted by Gasteiger charge is -2.18. The van der Waals surface area contributed by atoms with Gasteiger partial charge in [0.05, 0.1) is 11.1 Å². The van der Waals surface area contributed by atoms with Crippen molar-refractivity contribution in [3.8, 4) is 0 Å². The number of nitrogens with two attached hydrogens (primary N) is 1. The van der Waals surface area contributed by atoms with E-state index in [1.54, 1.807) is 0 Å². The minimum absolute atomic E-state index is 0.377. The number of alkyl halides is 6. The average molecular weight is 269 g/mol. The van der Waals surface area contributed by atoms with Crippen LogP contribution in [0.2, 0.25) is 0 Å². The van der Waals surface area contributed by atoms with E-state index < -0.39 is 35.1 Å². The highest BCUT2D eigenvalue weighted by Gasteiger charge is 2.37. The van der Waals surface area contributed by atoms with Crippen LogP contribution in [0.5, 0.6) is 0 Å². The van der Waals surface area contributed by atoms with Crippen molar-refractivity contribution in [1.29, 1.82) is 0 Å². The molecule has 0 saturated heterocycles. The van der Waals surface area contributed by atoms with Gasteiger partial charge in [0.15, 0.2) is 0 Å². The maximum Gasteiger partial charge on any atom is 0.416 e. The molecule has 1 nitrogen and oxygen atoms in total. The van der Waals surface area contributed by atoms with Gasteiger partial charge < -0.3 is 5.73 Å². The Morgan fingerprint density at radius 2 is 1.61 bits per heavy atom. The van der Waals surface area contributed by atoms with Gasteiger partial charge in [0.25, 0.3) is 0 Å². The molecule has 2 N–H and O–H groups in total. The molecule has 0 aromatic heterocycles. The summed E-state index contributed by atoms with van der Waals surface area (Å²) in [5.74, 6) is 0. The third kappa shape index (κ3) is 3.04. The van der Waals surface area contributed by atoms with Crippen molar-refractivity contribution in [3.63, 3.8) is 0 Å². The fourth-order valence-corrected chi connectivity index (χ4v) is 1.40. The van der Waals surface area contributed by atoms with E-state index in [1.165, 1.54) is 0 Å². The molecule has 0 aliphatic carbocycles. The van der Waals surface area contributed by atoms with Gasteiger partial charge in [-0.25, -0.2) is 0 Å². The normalized spacial score (nSPS) is 14.4. The van der Waals surface area contributed by atoms with Gasteiger partial charge >= 0.3 is 12.4 Å². The van der Waals surface area contributed by atoms with E-state index in [0.29, 0.717) is 18.2 Å². The van der Waals surface area contributed by atoms with E-state index >= 15 is 0 Å². The molecule has 0 radical (unpaired) electrons. The molecule has 1 aromatic carbocycles. The second kappa shape index (κ2) is 4.64. The van der Waals surface area contributed by atoms with Gasteiger partial charge in [0.2, 0.25) is 0 Å². The van der Waals surface area contributed by atoms with Gasteiger partial charge in [-0.05, 0) is 23.8 Å². The fourth-order valence-electron chi connectivity index (χ4n) is 1.40. The third-order valence-electron chi connectivity index (χ3n) is 2.30. The average Bonchev–Trinajstić information content (AvgIpc) is 2.24. The Morgan fingerprint density at radius 1 is 1.06 bits per heavy atom. The number of hydrogen-bond acceptors (Lipinski definition) is 1. The zero-order valence-electron chi connectivity index (χ0n) is 8.94. The first-order chi connectivity index (χ1) is 8.07. The van der Waals surface area contributed by atoms with Crippen molar-refractivity contribution in [1.82, 2.24) is 0 Å². The molecule has 0 heterocycles. The van der Waals surface area contributed by atoms with Gasteiger partial charge in [-0.2, -0.15) is 26.3 Å². The first-order valence-corrected chi connectivity index (χ1v) is 4.74. The number of benzene rings is 1. The highest BCUT2D eigenvalue weighted by atomic mass is 19.4. The van der Waals surface area contributed by atoms with E-state index in [9.17, 15) is 26.3 Å². The van der Waals surface area contributed by atoms with E-state index in [0.717, 1.165) is 6.08 Å². The fraction of sp³-hybridized carbons (Fsp3) is 0.273. The van der Waals surface area contributed by atoms with Gasteiger partial charge in [-0.15, -0.1) is 6.58 Å². The second-order valence-corrected chi connectivity index (χ2v) is 3.56. The first kappa shape index (κ1) is 14.6. The van der Waals surface area contributed by atoms with Crippen molar-refractivity contribution in [2.45, 2.75) is 18.4 Å². The highest BCUT2D eigenvalue weighted by molar-refractivity contribution is 5.38. The molecule has 0 fully saturated rings. The van der Waals surface area contributed by atoms with Crippen LogP contribution in [0.15, 0.2) is 30.9 Å².